The van der Waals surface area contributed by atoms with Crippen LogP contribution in [0, 0.1) is 6.92 Å². The molecule has 0 aliphatic heterocycles. The van der Waals surface area contributed by atoms with Gasteiger partial charge in [0, 0.05) is 12.3 Å². The molecule has 1 heterocycles. The van der Waals surface area contributed by atoms with Gasteiger partial charge >= 0.3 is 5.97 Å². The van der Waals surface area contributed by atoms with Crippen LogP contribution in [0.1, 0.15) is 18.2 Å². The van der Waals surface area contributed by atoms with E-state index in [9.17, 15) is 4.79 Å². The molecule has 0 saturated carbocycles. The fraction of sp³-hybridized carbons (Fsp3) is 0.273. The molecule has 0 saturated heterocycles. The summed E-state index contributed by atoms with van der Waals surface area (Å²) in [6, 6.07) is 1.82. The van der Waals surface area contributed by atoms with Crippen LogP contribution in [0.5, 0.6) is 0 Å². The third kappa shape index (κ3) is 3.09. The maximum Gasteiger partial charge on any atom is 0.330 e. The number of aryl methyl sites for hydroxylation is 1. The van der Waals surface area contributed by atoms with E-state index in [1.807, 2.05) is 13.0 Å². The first-order valence-corrected chi connectivity index (χ1v) is 4.71. The molecule has 1 aromatic heterocycles. The first kappa shape index (κ1) is 11.2. The topological polar surface area (TPSA) is 65.2 Å². The molecule has 0 aliphatic rings. The molecule has 0 aromatic carbocycles. The highest BCUT2D eigenvalue weighted by Crippen LogP contribution is 2.14. The van der Waals surface area contributed by atoms with Crippen LogP contribution in [0.4, 0.5) is 5.69 Å². The van der Waals surface area contributed by atoms with Crippen molar-refractivity contribution in [3.63, 3.8) is 0 Å². The standard InChI is InChI=1S/C11H14N2O2/c1-3-15-10(14)5-4-9-11(12)8(2)6-7-13-9/h4-7H,3,12H2,1-2H3. The molecule has 0 amide bonds. The Kier molecular flexibility index (Phi) is 3.85. The number of anilines is 1. The average Bonchev–Trinajstić information content (AvgIpc) is 2.21. The molecule has 15 heavy (non-hydrogen) atoms. The van der Waals surface area contributed by atoms with E-state index in [0.29, 0.717) is 18.0 Å². The third-order valence-electron chi connectivity index (χ3n) is 1.90. The van der Waals surface area contributed by atoms with Crippen molar-refractivity contribution in [2.75, 3.05) is 12.3 Å². The maximum absolute atomic E-state index is 11.0. The number of hydrogen-bond donors (Lipinski definition) is 1. The molecule has 0 atom stereocenters. The summed E-state index contributed by atoms with van der Waals surface area (Å²) in [6.45, 7) is 4.00. The normalized spacial score (nSPS) is 10.5. The number of nitrogen functional groups attached to an aromatic ring is 1. The third-order valence-corrected chi connectivity index (χ3v) is 1.90. The van der Waals surface area contributed by atoms with Crippen LogP contribution in [-0.4, -0.2) is 17.6 Å². The number of carbonyl (C=O) groups is 1. The Hall–Kier alpha value is -1.84. The van der Waals surface area contributed by atoms with Gasteiger partial charge in [-0.3, -0.25) is 4.98 Å². The molecular formula is C11H14N2O2. The SMILES string of the molecule is CCOC(=O)C=Cc1nccc(C)c1N. The van der Waals surface area contributed by atoms with E-state index in [1.165, 1.54) is 6.08 Å². The van der Waals surface area contributed by atoms with Crippen molar-refractivity contribution in [3.8, 4) is 0 Å². The minimum atomic E-state index is -0.389. The van der Waals surface area contributed by atoms with E-state index in [2.05, 4.69) is 4.98 Å². The molecule has 0 radical (unpaired) electrons. The Bertz CT molecular complexity index is 386. The van der Waals surface area contributed by atoms with Crippen LogP contribution >= 0.6 is 0 Å². The lowest BCUT2D eigenvalue weighted by Gasteiger charge is -2.02. The molecule has 1 rings (SSSR count). The second-order valence-corrected chi connectivity index (χ2v) is 3.01. The molecule has 4 heteroatoms. The second-order valence-electron chi connectivity index (χ2n) is 3.01. The first-order valence-electron chi connectivity index (χ1n) is 4.71. The van der Waals surface area contributed by atoms with Crippen molar-refractivity contribution in [2.24, 2.45) is 0 Å². The van der Waals surface area contributed by atoms with Crippen molar-refractivity contribution in [2.45, 2.75) is 13.8 Å². The van der Waals surface area contributed by atoms with E-state index in [0.717, 1.165) is 5.56 Å². The number of hydrogen-bond acceptors (Lipinski definition) is 4. The van der Waals surface area contributed by atoms with E-state index in [4.69, 9.17) is 10.5 Å². The van der Waals surface area contributed by atoms with Gasteiger partial charge in [0.05, 0.1) is 18.0 Å². The van der Waals surface area contributed by atoms with Crippen LogP contribution in [0.25, 0.3) is 6.08 Å². The maximum atomic E-state index is 11.0. The summed E-state index contributed by atoms with van der Waals surface area (Å²) < 4.78 is 4.74. The quantitative estimate of drug-likeness (QED) is 0.602. The molecule has 0 fully saturated rings. The molecule has 4 nitrogen and oxygen atoms in total. The van der Waals surface area contributed by atoms with Crippen LogP contribution in [0.2, 0.25) is 0 Å². The number of nitrogens with zero attached hydrogens (tertiary/aromatic N) is 1. The lowest BCUT2D eigenvalue weighted by atomic mass is 10.2. The first-order chi connectivity index (χ1) is 7.15. The smallest absolute Gasteiger partial charge is 0.330 e. The molecule has 0 unspecified atom stereocenters. The number of carbonyl (C=O) groups excluding carboxylic acids is 1. The monoisotopic (exact) mass is 206 g/mol. The average molecular weight is 206 g/mol. The zero-order chi connectivity index (χ0) is 11.3. The lowest BCUT2D eigenvalue weighted by Crippen LogP contribution is -2.00. The summed E-state index contributed by atoms with van der Waals surface area (Å²) >= 11 is 0. The van der Waals surface area contributed by atoms with Crippen molar-refractivity contribution >= 4 is 17.7 Å². The Morgan fingerprint density at radius 3 is 3.07 bits per heavy atom. The fourth-order valence-corrected chi connectivity index (χ4v) is 1.06. The van der Waals surface area contributed by atoms with E-state index in [1.54, 1.807) is 19.2 Å². The van der Waals surface area contributed by atoms with Crippen LogP contribution in [0.15, 0.2) is 18.3 Å². The predicted octanol–water partition coefficient (Wildman–Crippen LogP) is 1.55. The Morgan fingerprint density at radius 1 is 1.67 bits per heavy atom. The highest BCUT2D eigenvalue weighted by Gasteiger charge is 2.00. The highest BCUT2D eigenvalue weighted by molar-refractivity contribution is 5.87. The Morgan fingerprint density at radius 2 is 2.40 bits per heavy atom. The number of pyridine rings is 1. The van der Waals surface area contributed by atoms with Gasteiger partial charge in [0.1, 0.15) is 0 Å². The number of nitrogens with two attached hydrogens (primary N) is 1. The molecule has 0 spiro atoms. The second kappa shape index (κ2) is 5.14. The van der Waals surface area contributed by atoms with Gasteiger partial charge in [0.15, 0.2) is 0 Å². The van der Waals surface area contributed by atoms with E-state index in [-0.39, 0.29) is 5.97 Å². The van der Waals surface area contributed by atoms with E-state index < -0.39 is 0 Å². The van der Waals surface area contributed by atoms with Crippen LogP contribution in [-0.2, 0) is 9.53 Å². The summed E-state index contributed by atoms with van der Waals surface area (Å²) in [5, 5.41) is 0. The molecule has 80 valence electrons. The number of ether oxygens (including phenoxy) is 1. The summed E-state index contributed by atoms with van der Waals surface area (Å²) in [7, 11) is 0. The molecule has 2 N–H and O–H groups in total. The zero-order valence-electron chi connectivity index (χ0n) is 8.86. The van der Waals surface area contributed by atoms with Crippen LogP contribution < -0.4 is 5.73 Å². The number of rotatable bonds is 3. The Labute approximate surface area is 88.8 Å². The molecule has 1 aromatic rings. The van der Waals surface area contributed by atoms with E-state index >= 15 is 0 Å². The van der Waals surface area contributed by atoms with Gasteiger partial charge in [-0.15, -0.1) is 0 Å². The molecular weight excluding hydrogens is 192 g/mol. The summed E-state index contributed by atoms with van der Waals surface area (Å²) in [6.07, 6.45) is 4.53. The van der Waals surface area contributed by atoms with Gasteiger partial charge in [0.2, 0.25) is 0 Å². The molecule has 0 aliphatic carbocycles. The van der Waals surface area contributed by atoms with Crippen LogP contribution in [0.3, 0.4) is 0 Å². The Balaban J connectivity index is 2.81. The van der Waals surface area contributed by atoms with Crippen molar-refractivity contribution < 1.29 is 9.53 Å². The van der Waals surface area contributed by atoms with Crippen molar-refractivity contribution in [1.82, 2.24) is 4.98 Å². The van der Waals surface area contributed by atoms with Gasteiger partial charge in [-0.05, 0) is 31.6 Å². The summed E-state index contributed by atoms with van der Waals surface area (Å²) in [5.74, 6) is -0.389. The minimum Gasteiger partial charge on any atom is -0.463 e. The fourth-order valence-electron chi connectivity index (χ4n) is 1.06. The van der Waals surface area contributed by atoms with Gasteiger partial charge in [-0.25, -0.2) is 4.79 Å². The lowest BCUT2D eigenvalue weighted by molar-refractivity contribution is -0.137. The van der Waals surface area contributed by atoms with Crippen molar-refractivity contribution in [1.29, 1.82) is 0 Å². The van der Waals surface area contributed by atoms with Crippen molar-refractivity contribution in [3.05, 3.63) is 29.6 Å². The number of esters is 1. The highest BCUT2D eigenvalue weighted by atomic mass is 16.5. The predicted molar refractivity (Wildman–Crippen MR) is 59.1 cm³/mol. The summed E-state index contributed by atoms with van der Waals surface area (Å²) in [5.41, 5.74) is 7.88. The zero-order valence-corrected chi connectivity index (χ0v) is 8.86. The number of aromatic nitrogens is 1. The van der Waals surface area contributed by atoms with Gasteiger partial charge in [0.25, 0.3) is 0 Å². The largest absolute Gasteiger partial charge is 0.463 e. The summed E-state index contributed by atoms with van der Waals surface area (Å²) in [4.78, 5) is 15.1. The molecule has 0 bridgehead atoms. The van der Waals surface area contributed by atoms with Gasteiger partial charge < -0.3 is 10.5 Å². The van der Waals surface area contributed by atoms with Gasteiger partial charge in [-0.2, -0.15) is 0 Å². The van der Waals surface area contributed by atoms with Gasteiger partial charge in [-0.1, -0.05) is 0 Å². The minimum absolute atomic E-state index is 0.361.